The number of halogens is 2. The molecule has 1 amide bonds. The first kappa shape index (κ1) is 30.9. The van der Waals surface area contributed by atoms with Gasteiger partial charge in [-0.2, -0.15) is 5.10 Å². The number of rotatable bonds is 10. The highest BCUT2D eigenvalue weighted by atomic mass is 19.1. The highest BCUT2D eigenvalue weighted by molar-refractivity contribution is 6.04. The van der Waals surface area contributed by atoms with E-state index in [9.17, 15) is 23.5 Å². The van der Waals surface area contributed by atoms with E-state index in [0.717, 1.165) is 17.7 Å². The van der Waals surface area contributed by atoms with Crippen molar-refractivity contribution >= 4 is 17.6 Å². The second-order valence-corrected chi connectivity index (χ2v) is 10.8. The van der Waals surface area contributed by atoms with Crippen molar-refractivity contribution < 1.29 is 37.7 Å². The normalized spacial score (nSPS) is 18.7. The molecule has 4 aromatic rings. The van der Waals surface area contributed by atoms with Crippen LogP contribution < -0.4 is 10.1 Å². The number of benzene rings is 3. The first-order valence-electron chi connectivity index (χ1n) is 14.0. The largest absolute Gasteiger partial charge is 0.427 e. The number of carbonyl (C=O) groups is 2. The Morgan fingerprint density at radius 1 is 1.09 bits per heavy atom. The molecule has 1 fully saturated rings. The molecule has 1 aromatic heterocycles. The lowest BCUT2D eigenvalue weighted by molar-refractivity contribution is -0.210. The predicted molar refractivity (Wildman–Crippen MR) is 154 cm³/mol. The molecule has 0 aliphatic carbocycles. The van der Waals surface area contributed by atoms with Gasteiger partial charge in [0.1, 0.15) is 35.6 Å². The van der Waals surface area contributed by atoms with Crippen molar-refractivity contribution in [2.24, 2.45) is 11.8 Å². The van der Waals surface area contributed by atoms with E-state index in [1.165, 1.54) is 30.3 Å². The molecule has 230 valence electrons. The standard InChI is InChI=1S/C32H32F2N4O6/c1-20(32(41,17-38-19-35-18-36-38)28-12-7-25(33)14-29(28)34)13-22-15-42-31(43-16-22)24-5-3-23(4-6-24)30(40)37-26-8-10-27(11-9-26)44-21(2)39/h3-12,14,18-20,22,31,41H,13,15-17H2,1-2H3,(H,37,40). The number of hydrogen-bond donors (Lipinski definition) is 2. The summed E-state index contributed by atoms with van der Waals surface area (Å²) in [4.78, 5) is 27.7. The minimum absolute atomic E-state index is 0.0273. The molecule has 44 heavy (non-hydrogen) atoms. The Hall–Kier alpha value is -4.52. The lowest BCUT2D eigenvalue weighted by Gasteiger charge is -2.38. The lowest BCUT2D eigenvalue weighted by Crippen LogP contribution is -2.41. The summed E-state index contributed by atoms with van der Waals surface area (Å²) in [6.45, 7) is 3.68. The SMILES string of the molecule is CC(=O)Oc1ccc(NC(=O)c2ccc(C3OCC(CC(C)C(O)(Cn4cncn4)c4ccc(F)cc4F)CO3)cc2)cc1. The smallest absolute Gasteiger partial charge is 0.308 e. The van der Waals surface area contributed by atoms with E-state index in [1.54, 1.807) is 55.5 Å². The molecule has 1 aliphatic rings. The third kappa shape index (κ3) is 7.33. The van der Waals surface area contributed by atoms with Gasteiger partial charge in [-0.1, -0.05) is 25.1 Å². The van der Waals surface area contributed by atoms with Crippen LogP contribution in [0.4, 0.5) is 14.5 Å². The monoisotopic (exact) mass is 606 g/mol. The Kier molecular flexibility index (Phi) is 9.43. The van der Waals surface area contributed by atoms with Crippen LogP contribution in [-0.4, -0.2) is 45.0 Å². The van der Waals surface area contributed by atoms with Crippen molar-refractivity contribution in [3.63, 3.8) is 0 Å². The summed E-state index contributed by atoms with van der Waals surface area (Å²) in [6, 6.07) is 16.4. The van der Waals surface area contributed by atoms with E-state index in [0.29, 0.717) is 36.6 Å². The number of nitrogens with zero attached hydrogens (tertiary/aromatic N) is 3. The van der Waals surface area contributed by atoms with Gasteiger partial charge in [0.25, 0.3) is 5.91 Å². The zero-order chi connectivity index (χ0) is 31.3. The third-order valence-corrected chi connectivity index (χ3v) is 7.55. The van der Waals surface area contributed by atoms with E-state index < -0.39 is 35.4 Å². The Morgan fingerprint density at radius 2 is 1.80 bits per heavy atom. The molecule has 2 N–H and O–H groups in total. The van der Waals surface area contributed by atoms with Crippen molar-refractivity contribution in [1.29, 1.82) is 0 Å². The number of ether oxygens (including phenoxy) is 3. The predicted octanol–water partition coefficient (Wildman–Crippen LogP) is 5.01. The highest BCUT2D eigenvalue weighted by Crippen LogP contribution is 2.38. The van der Waals surface area contributed by atoms with Gasteiger partial charge in [0.2, 0.25) is 0 Å². The summed E-state index contributed by atoms with van der Waals surface area (Å²) in [6.07, 6.45) is 2.53. The molecular formula is C32H32F2N4O6. The minimum Gasteiger partial charge on any atom is -0.427 e. The van der Waals surface area contributed by atoms with Gasteiger partial charge >= 0.3 is 5.97 Å². The van der Waals surface area contributed by atoms with E-state index in [2.05, 4.69) is 15.4 Å². The second-order valence-electron chi connectivity index (χ2n) is 10.8. The third-order valence-electron chi connectivity index (χ3n) is 7.55. The van der Waals surface area contributed by atoms with Crippen LogP contribution in [0.25, 0.3) is 0 Å². The molecule has 10 nitrogen and oxygen atoms in total. The van der Waals surface area contributed by atoms with Gasteiger partial charge in [-0.15, -0.1) is 0 Å². The van der Waals surface area contributed by atoms with Crippen molar-refractivity contribution in [2.45, 2.75) is 38.7 Å². The van der Waals surface area contributed by atoms with Crippen molar-refractivity contribution in [1.82, 2.24) is 14.8 Å². The number of amides is 1. The molecule has 0 radical (unpaired) electrons. The molecule has 2 atom stereocenters. The van der Waals surface area contributed by atoms with Crippen LogP contribution >= 0.6 is 0 Å². The van der Waals surface area contributed by atoms with Crippen molar-refractivity contribution in [3.05, 3.63) is 108 Å². The zero-order valence-electron chi connectivity index (χ0n) is 24.2. The second kappa shape index (κ2) is 13.4. The average molecular weight is 607 g/mol. The van der Waals surface area contributed by atoms with Crippen molar-refractivity contribution in [2.75, 3.05) is 18.5 Å². The van der Waals surface area contributed by atoms with E-state index in [-0.39, 0.29) is 23.9 Å². The summed E-state index contributed by atoms with van der Waals surface area (Å²) in [5, 5.41) is 18.6. The van der Waals surface area contributed by atoms with E-state index in [4.69, 9.17) is 14.2 Å². The Morgan fingerprint density at radius 3 is 2.41 bits per heavy atom. The van der Waals surface area contributed by atoms with E-state index >= 15 is 0 Å². The molecule has 5 rings (SSSR count). The van der Waals surface area contributed by atoms with Crippen LogP contribution in [0.5, 0.6) is 5.75 Å². The maximum Gasteiger partial charge on any atom is 0.308 e. The number of carbonyl (C=O) groups excluding carboxylic acids is 2. The van der Waals surface area contributed by atoms with Gasteiger partial charge in [0, 0.05) is 41.3 Å². The van der Waals surface area contributed by atoms with Crippen LogP contribution in [0.3, 0.4) is 0 Å². The molecule has 0 spiro atoms. The number of esters is 1. The fourth-order valence-electron chi connectivity index (χ4n) is 5.24. The maximum atomic E-state index is 14.9. The van der Waals surface area contributed by atoms with E-state index in [1.807, 2.05) is 0 Å². The number of aromatic nitrogens is 3. The average Bonchev–Trinajstić information content (AvgIpc) is 3.51. The first-order chi connectivity index (χ1) is 21.1. The molecular weight excluding hydrogens is 574 g/mol. The maximum absolute atomic E-state index is 14.9. The molecule has 0 saturated carbocycles. The summed E-state index contributed by atoms with van der Waals surface area (Å²) >= 11 is 0. The van der Waals surface area contributed by atoms with Crippen LogP contribution in [0.2, 0.25) is 0 Å². The molecule has 1 aliphatic heterocycles. The topological polar surface area (TPSA) is 125 Å². The number of hydrogen-bond acceptors (Lipinski definition) is 8. The molecule has 1 saturated heterocycles. The van der Waals surface area contributed by atoms with Gasteiger partial charge < -0.3 is 24.6 Å². The zero-order valence-corrected chi connectivity index (χ0v) is 24.2. The first-order valence-corrected chi connectivity index (χ1v) is 14.0. The Balaban J connectivity index is 1.17. The van der Waals surface area contributed by atoms with Gasteiger partial charge in [-0.25, -0.2) is 18.4 Å². The lowest BCUT2D eigenvalue weighted by atomic mass is 9.77. The van der Waals surface area contributed by atoms with Crippen LogP contribution in [-0.2, 0) is 26.4 Å². The molecule has 3 aromatic carbocycles. The number of nitrogens with one attached hydrogen (secondary N) is 1. The fraction of sp³-hybridized carbons (Fsp3) is 0.312. The van der Waals surface area contributed by atoms with Crippen LogP contribution in [0.15, 0.2) is 79.4 Å². The quantitative estimate of drug-likeness (QED) is 0.191. The number of anilines is 1. The fourth-order valence-corrected chi connectivity index (χ4v) is 5.24. The molecule has 0 bridgehead atoms. The van der Waals surface area contributed by atoms with Gasteiger partial charge in [0.05, 0.1) is 19.8 Å². The molecule has 12 heteroatoms. The Bertz CT molecular complexity index is 1580. The summed E-state index contributed by atoms with van der Waals surface area (Å²) < 4.78 is 46.9. The highest BCUT2D eigenvalue weighted by Gasteiger charge is 2.40. The van der Waals surface area contributed by atoms with Gasteiger partial charge in [0.15, 0.2) is 6.29 Å². The van der Waals surface area contributed by atoms with Crippen LogP contribution in [0, 0.1) is 23.5 Å². The van der Waals surface area contributed by atoms with Gasteiger partial charge in [-0.3, -0.25) is 9.59 Å². The molecule has 2 heterocycles. The number of aliphatic hydroxyl groups is 1. The van der Waals surface area contributed by atoms with Gasteiger partial charge in [-0.05, 0) is 54.8 Å². The summed E-state index contributed by atoms with van der Waals surface area (Å²) in [5.74, 6) is -2.53. The minimum atomic E-state index is -1.71. The van der Waals surface area contributed by atoms with Crippen molar-refractivity contribution in [3.8, 4) is 5.75 Å². The summed E-state index contributed by atoms with van der Waals surface area (Å²) in [7, 11) is 0. The Labute approximate surface area is 252 Å². The molecule has 2 unspecified atom stereocenters. The van der Waals surface area contributed by atoms with Crippen LogP contribution in [0.1, 0.15) is 48.0 Å². The summed E-state index contributed by atoms with van der Waals surface area (Å²) in [5.41, 5.74) is -0.0247.